The average molecular weight is 132 g/mol. The molecule has 3 heteroatoms. The summed E-state index contributed by atoms with van der Waals surface area (Å²) in [5.41, 5.74) is 0. The molecule has 0 heterocycles. The number of hydrogen-bond donors (Lipinski definition) is 1. The van der Waals surface area contributed by atoms with Gasteiger partial charge in [0.2, 0.25) is 0 Å². The van der Waals surface area contributed by atoms with Crippen molar-refractivity contribution >= 4 is 6.29 Å². The number of aliphatic hydroxyl groups excluding tert-OH is 1. The van der Waals surface area contributed by atoms with Crippen LogP contribution in [-0.2, 0) is 9.53 Å². The first kappa shape index (κ1) is 8.59. The molecule has 0 aliphatic carbocycles. The van der Waals surface area contributed by atoms with Gasteiger partial charge < -0.3 is 14.6 Å². The summed E-state index contributed by atoms with van der Waals surface area (Å²) in [5.74, 6) is 0. The fraction of sp³-hybridized carbons (Fsp3) is 0.833. The molecule has 0 spiro atoms. The molecule has 0 amide bonds. The number of hydrogen-bond acceptors (Lipinski definition) is 3. The minimum Gasteiger partial charge on any atom is -0.396 e. The monoisotopic (exact) mass is 132 g/mol. The van der Waals surface area contributed by atoms with Crippen LogP contribution in [0.2, 0.25) is 0 Å². The van der Waals surface area contributed by atoms with Crippen molar-refractivity contribution in [3.63, 3.8) is 0 Å². The van der Waals surface area contributed by atoms with Crippen LogP contribution in [0.5, 0.6) is 0 Å². The Balaban J connectivity index is 2.66. The summed E-state index contributed by atoms with van der Waals surface area (Å²) in [5, 5.41) is 8.27. The molecule has 0 aromatic rings. The van der Waals surface area contributed by atoms with Gasteiger partial charge in [-0.1, -0.05) is 0 Å². The minimum atomic E-state index is 0.154. The molecule has 0 aromatic carbocycles. The van der Waals surface area contributed by atoms with Crippen molar-refractivity contribution in [1.82, 2.24) is 0 Å². The number of carbonyl (C=O) groups excluding carboxylic acids is 1. The molecular weight excluding hydrogens is 120 g/mol. The van der Waals surface area contributed by atoms with E-state index in [1.807, 2.05) is 0 Å². The van der Waals surface area contributed by atoms with Gasteiger partial charge in [-0.25, -0.2) is 0 Å². The lowest BCUT2D eigenvalue weighted by molar-refractivity contribution is -0.108. The highest BCUT2D eigenvalue weighted by molar-refractivity contribution is 5.49. The first-order valence-corrected chi connectivity index (χ1v) is 3.04. The fourth-order valence-electron chi connectivity index (χ4n) is 0.400. The van der Waals surface area contributed by atoms with Crippen molar-refractivity contribution < 1.29 is 14.6 Å². The molecule has 0 aromatic heterocycles. The Morgan fingerprint density at radius 2 is 2.22 bits per heavy atom. The maximum absolute atomic E-state index is 9.71. The lowest BCUT2D eigenvalue weighted by Gasteiger charge is -1.97. The van der Waals surface area contributed by atoms with Crippen molar-refractivity contribution in [2.24, 2.45) is 0 Å². The summed E-state index contributed by atoms with van der Waals surface area (Å²) in [4.78, 5) is 9.71. The first-order valence-electron chi connectivity index (χ1n) is 3.04. The van der Waals surface area contributed by atoms with Crippen LogP contribution in [0.1, 0.15) is 12.8 Å². The van der Waals surface area contributed by atoms with Crippen molar-refractivity contribution in [2.75, 3.05) is 19.8 Å². The second kappa shape index (κ2) is 7.59. The molecule has 0 saturated heterocycles. The van der Waals surface area contributed by atoms with Crippen LogP contribution in [0, 0.1) is 0 Å². The van der Waals surface area contributed by atoms with Crippen LogP contribution < -0.4 is 0 Å². The quantitative estimate of drug-likeness (QED) is 0.408. The Kier molecular flexibility index (Phi) is 7.24. The van der Waals surface area contributed by atoms with Gasteiger partial charge in [-0.15, -0.1) is 0 Å². The molecule has 0 aliphatic heterocycles. The Bertz CT molecular complexity index is 63.3. The summed E-state index contributed by atoms with van der Waals surface area (Å²) in [7, 11) is 0. The lowest BCUT2D eigenvalue weighted by Crippen LogP contribution is -1.98. The zero-order valence-corrected chi connectivity index (χ0v) is 5.38. The molecule has 0 radical (unpaired) electrons. The van der Waals surface area contributed by atoms with E-state index in [1.54, 1.807) is 0 Å². The normalized spacial score (nSPS) is 9.44. The van der Waals surface area contributed by atoms with E-state index in [2.05, 4.69) is 0 Å². The molecule has 0 bridgehead atoms. The van der Waals surface area contributed by atoms with Gasteiger partial charge in [-0.2, -0.15) is 0 Å². The zero-order valence-electron chi connectivity index (χ0n) is 5.38. The second-order valence-corrected chi connectivity index (χ2v) is 1.64. The van der Waals surface area contributed by atoms with Gasteiger partial charge in [0.05, 0.1) is 6.61 Å². The van der Waals surface area contributed by atoms with Gasteiger partial charge in [0.1, 0.15) is 6.29 Å². The van der Waals surface area contributed by atoms with E-state index < -0.39 is 0 Å². The maximum Gasteiger partial charge on any atom is 0.122 e. The Morgan fingerprint density at radius 1 is 1.44 bits per heavy atom. The van der Waals surface area contributed by atoms with Crippen molar-refractivity contribution in [2.45, 2.75) is 12.8 Å². The van der Waals surface area contributed by atoms with Crippen LogP contribution in [0.4, 0.5) is 0 Å². The van der Waals surface area contributed by atoms with Gasteiger partial charge in [-0.3, -0.25) is 0 Å². The van der Waals surface area contributed by atoms with Gasteiger partial charge in [0.15, 0.2) is 0 Å². The molecule has 54 valence electrons. The van der Waals surface area contributed by atoms with E-state index in [0.717, 1.165) is 6.29 Å². The third-order valence-electron chi connectivity index (χ3n) is 0.827. The molecule has 3 nitrogen and oxygen atoms in total. The fourth-order valence-corrected chi connectivity index (χ4v) is 0.400. The third kappa shape index (κ3) is 7.59. The first-order chi connectivity index (χ1) is 4.41. The van der Waals surface area contributed by atoms with Crippen molar-refractivity contribution in [3.8, 4) is 0 Å². The third-order valence-corrected chi connectivity index (χ3v) is 0.827. The van der Waals surface area contributed by atoms with Crippen molar-refractivity contribution in [3.05, 3.63) is 0 Å². The number of carbonyl (C=O) groups is 1. The molecule has 9 heavy (non-hydrogen) atoms. The molecule has 0 rings (SSSR count). The van der Waals surface area contributed by atoms with Crippen LogP contribution in [0.3, 0.4) is 0 Å². The molecule has 0 atom stereocenters. The molecule has 0 fully saturated rings. The predicted octanol–water partition coefficient (Wildman–Crippen LogP) is -0.0256. The SMILES string of the molecule is O=CCCOCCCO. The molecule has 0 saturated carbocycles. The average Bonchev–Trinajstić information content (AvgIpc) is 1.89. The number of aliphatic hydroxyl groups is 1. The number of rotatable bonds is 6. The highest BCUT2D eigenvalue weighted by Crippen LogP contribution is 1.81. The topological polar surface area (TPSA) is 46.5 Å². The van der Waals surface area contributed by atoms with E-state index in [9.17, 15) is 4.79 Å². The highest BCUT2D eigenvalue weighted by Gasteiger charge is 1.85. The predicted molar refractivity (Wildman–Crippen MR) is 33.2 cm³/mol. The van der Waals surface area contributed by atoms with E-state index in [-0.39, 0.29) is 6.61 Å². The number of ether oxygens (including phenoxy) is 1. The Morgan fingerprint density at radius 3 is 2.78 bits per heavy atom. The standard InChI is InChI=1S/C6H12O3/c7-3-1-5-9-6-2-4-8/h3,8H,1-2,4-6H2. The zero-order chi connectivity index (χ0) is 6.95. The van der Waals surface area contributed by atoms with Gasteiger partial charge >= 0.3 is 0 Å². The van der Waals surface area contributed by atoms with Crippen LogP contribution in [-0.4, -0.2) is 31.2 Å². The highest BCUT2D eigenvalue weighted by atomic mass is 16.5. The second-order valence-electron chi connectivity index (χ2n) is 1.64. The van der Waals surface area contributed by atoms with E-state index in [0.29, 0.717) is 26.1 Å². The molecular formula is C6H12O3. The minimum absolute atomic E-state index is 0.154. The molecule has 0 aliphatic rings. The Labute approximate surface area is 54.6 Å². The lowest BCUT2D eigenvalue weighted by atomic mass is 10.5. The van der Waals surface area contributed by atoms with Crippen LogP contribution in [0.25, 0.3) is 0 Å². The van der Waals surface area contributed by atoms with Crippen LogP contribution >= 0.6 is 0 Å². The summed E-state index contributed by atoms with van der Waals surface area (Å²) < 4.78 is 4.92. The van der Waals surface area contributed by atoms with Gasteiger partial charge in [-0.05, 0) is 6.42 Å². The smallest absolute Gasteiger partial charge is 0.122 e. The largest absolute Gasteiger partial charge is 0.396 e. The maximum atomic E-state index is 9.71. The molecule has 1 N–H and O–H groups in total. The summed E-state index contributed by atoms with van der Waals surface area (Å²) >= 11 is 0. The Hall–Kier alpha value is -0.410. The van der Waals surface area contributed by atoms with E-state index >= 15 is 0 Å². The van der Waals surface area contributed by atoms with Crippen LogP contribution in [0.15, 0.2) is 0 Å². The van der Waals surface area contributed by atoms with Crippen molar-refractivity contribution in [1.29, 1.82) is 0 Å². The molecule has 0 unspecified atom stereocenters. The number of aldehydes is 1. The van der Waals surface area contributed by atoms with E-state index in [4.69, 9.17) is 9.84 Å². The summed E-state index contributed by atoms with van der Waals surface area (Å²) in [6, 6.07) is 0. The van der Waals surface area contributed by atoms with E-state index in [1.165, 1.54) is 0 Å². The summed E-state index contributed by atoms with van der Waals surface area (Å²) in [6.07, 6.45) is 1.92. The summed E-state index contributed by atoms with van der Waals surface area (Å²) in [6.45, 7) is 1.18. The van der Waals surface area contributed by atoms with Gasteiger partial charge in [0.25, 0.3) is 0 Å². The van der Waals surface area contributed by atoms with Gasteiger partial charge in [0, 0.05) is 19.6 Å².